The van der Waals surface area contributed by atoms with Crippen LogP contribution in [-0.2, 0) is 52.7 Å². The van der Waals surface area contributed by atoms with E-state index in [0.29, 0.717) is 25.1 Å². The van der Waals surface area contributed by atoms with Crippen molar-refractivity contribution in [2.45, 2.75) is 262 Å². The first-order valence-corrected chi connectivity index (χ1v) is 36.0. The molecule has 24 nitrogen and oxygen atoms in total. The lowest BCUT2D eigenvalue weighted by Gasteiger charge is -2.41. The summed E-state index contributed by atoms with van der Waals surface area (Å²) in [7, 11) is 10.2. The third-order valence-electron chi connectivity index (χ3n) is 17.8. The molecular weight excluding hydrogens is 1240 g/mol. The monoisotopic (exact) mass is 1370 g/mol. The Morgan fingerprint density at radius 1 is 0.500 bits per heavy atom. The van der Waals surface area contributed by atoms with Crippen LogP contribution in [0.5, 0.6) is 0 Å². The quantitative estimate of drug-likeness (QED) is 0.0574. The van der Waals surface area contributed by atoms with Crippen LogP contribution in [0.25, 0.3) is 0 Å². The van der Waals surface area contributed by atoms with E-state index in [1.807, 2.05) is 67.5 Å². The summed E-state index contributed by atoms with van der Waals surface area (Å²) < 4.78 is 0. The van der Waals surface area contributed by atoms with Crippen LogP contribution in [0, 0.1) is 40.9 Å². The highest BCUT2D eigenvalue weighted by Gasteiger charge is 2.45. The molecule has 0 aromatic rings. The fourth-order valence-corrected chi connectivity index (χ4v) is 13.0. The van der Waals surface area contributed by atoms with E-state index in [1.54, 1.807) is 34.6 Å². The van der Waals surface area contributed by atoms with Crippen molar-refractivity contribution in [1.29, 1.82) is 0 Å². The number of rotatable bonds is 22. The molecule has 1 fully saturated rings. The van der Waals surface area contributed by atoms with Gasteiger partial charge in [-0.15, -0.1) is 0 Å². The number of carbonyl (C=O) groups is 11. The van der Waals surface area contributed by atoms with Crippen LogP contribution in [0.4, 0.5) is 0 Å². The Morgan fingerprint density at radius 2 is 0.927 bits per heavy atom. The van der Waals surface area contributed by atoms with Crippen molar-refractivity contribution in [3.63, 3.8) is 0 Å². The van der Waals surface area contributed by atoms with Crippen LogP contribution in [0.15, 0.2) is 12.2 Å². The molecule has 0 bridgehead atoms. The third-order valence-corrected chi connectivity index (χ3v) is 18.9. The Kier molecular flexibility index (Phi) is 37.0. The maximum Gasteiger partial charge on any atom is 0.246 e. The number of nitrogens with zero attached hydrogens (tertiary/aromatic N) is 7. The van der Waals surface area contributed by atoms with Gasteiger partial charge in [0.1, 0.15) is 66.5 Å². The number of hydrogen-bond donors (Lipinski definition) is 6. The summed E-state index contributed by atoms with van der Waals surface area (Å²) in [5.74, 6) is -8.26. The summed E-state index contributed by atoms with van der Waals surface area (Å²) in [4.78, 5) is 173. The van der Waals surface area contributed by atoms with Crippen LogP contribution in [-0.4, -0.2) is 250 Å². The second-order valence-corrected chi connectivity index (χ2v) is 32.0. The number of allylic oxidation sites excluding steroid dienone is 2. The van der Waals surface area contributed by atoms with Crippen LogP contribution in [0.3, 0.4) is 0 Å². The first kappa shape index (κ1) is 88.2. The highest BCUT2D eigenvalue weighted by Crippen LogP contribution is 2.27. The first-order valence-electron chi connectivity index (χ1n) is 34.9. The summed E-state index contributed by atoms with van der Waals surface area (Å²) in [6, 6.07) is -13.5. The van der Waals surface area contributed by atoms with Crippen molar-refractivity contribution >= 4 is 76.7 Å². The van der Waals surface area contributed by atoms with E-state index < -0.39 is 149 Å². The molecule has 0 aromatic heterocycles. The lowest BCUT2D eigenvalue weighted by Crippen LogP contribution is -2.62. The van der Waals surface area contributed by atoms with Crippen molar-refractivity contribution in [3.8, 4) is 0 Å². The molecule has 6 N–H and O–H groups in total. The first-order chi connectivity index (χ1) is 44.2. The molecule has 1 aliphatic heterocycles. The summed E-state index contributed by atoms with van der Waals surface area (Å²) in [5.41, 5.74) is -1.52. The molecule has 0 saturated carbocycles. The highest BCUT2D eigenvalue weighted by molar-refractivity contribution is 7.99. The van der Waals surface area contributed by atoms with Crippen LogP contribution in [0.2, 0.25) is 0 Å². The topological polar surface area (TPSA) is 291 Å². The number of likely N-dealkylation sites (N-methyl/N-ethyl adjacent to an activating group) is 7. The average molecular weight is 1380 g/mol. The van der Waals surface area contributed by atoms with Gasteiger partial charge in [-0.1, -0.05) is 116 Å². The molecule has 0 spiro atoms. The van der Waals surface area contributed by atoms with E-state index >= 15 is 33.6 Å². The number of carbonyl (C=O) groups excluding carboxylic acids is 11. The van der Waals surface area contributed by atoms with Crippen LogP contribution < -0.4 is 26.6 Å². The van der Waals surface area contributed by atoms with E-state index in [2.05, 4.69) is 47.4 Å². The summed E-state index contributed by atoms with van der Waals surface area (Å²) in [5, 5.41) is 26.1. The van der Waals surface area contributed by atoms with Gasteiger partial charge in [-0.25, -0.2) is 0 Å². The van der Waals surface area contributed by atoms with Gasteiger partial charge in [0, 0.05) is 61.5 Å². The predicted octanol–water partition coefficient (Wildman–Crippen LogP) is 5.54. The molecule has 552 valence electrons. The van der Waals surface area contributed by atoms with E-state index in [1.165, 1.54) is 123 Å². The fourth-order valence-electron chi connectivity index (χ4n) is 11.9. The van der Waals surface area contributed by atoms with Gasteiger partial charge in [-0.2, -0.15) is 11.8 Å². The smallest absolute Gasteiger partial charge is 0.246 e. The second-order valence-electron chi connectivity index (χ2n) is 30.8. The molecule has 12 atom stereocenters. The van der Waals surface area contributed by atoms with Crippen molar-refractivity contribution < 1.29 is 57.8 Å². The van der Waals surface area contributed by atoms with Gasteiger partial charge >= 0.3 is 0 Å². The van der Waals surface area contributed by atoms with Crippen molar-refractivity contribution in [3.05, 3.63) is 12.2 Å². The number of hydrogen-bond acceptors (Lipinski definition) is 14. The Balaban J connectivity index is 4.52. The van der Waals surface area contributed by atoms with Crippen molar-refractivity contribution in [1.82, 2.24) is 60.9 Å². The fraction of sp³-hybridized carbons (Fsp3) is 0.817. The molecule has 1 heterocycles. The Morgan fingerprint density at radius 3 is 1.41 bits per heavy atom. The lowest BCUT2D eigenvalue weighted by molar-refractivity contribution is -0.156. The number of nitrogens with one attached hydrogen (secondary N) is 5. The normalized spacial score (nSPS) is 25.9. The molecule has 0 radical (unpaired) electrons. The maximum absolute atomic E-state index is 15.4. The minimum atomic E-state index is -1.56. The van der Waals surface area contributed by atoms with Gasteiger partial charge in [0.25, 0.3) is 0 Å². The molecule has 25 heteroatoms. The Bertz CT molecular complexity index is 2600. The van der Waals surface area contributed by atoms with Crippen LogP contribution in [0.1, 0.15) is 190 Å². The van der Waals surface area contributed by atoms with Gasteiger partial charge in [-0.3, -0.25) is 52.7 Å². The lowest BCUT2D eigenvalue weighted by atomic mass is 9.93. The summed E-state index contributed by atoms with van der Waals surface area (Å²) in [6.07, 6.45) is 5.47. The van der Waals surface area contributed by atoms with Gasteiger partial charge in [0.15, 0.2) is 0 Å². The van der Waals surface area contributed by atoms with E-state index in [9.17, 15) is 24.3 Å². The van der Waals surface area contributed by atoms with E-state index in [0.717, 1.165) is 6.54 Å². The molecule has 1 rings (SSSR count). The molecular formula is C71H130N12O12S. The standard InChI is InChI=1S/C71H130N12O12S/c1-28-30-32-47(13)38-52-61(86)75-50(29-2)64(89)82(26)56(40-96-34-31-33-72-41-70(16,17)18)67(92)81(25)55(39-71(19,20)95)62(87)76-57(45(9)10)68(93)77(21)51(35-42(3)4)60(85)73-48(14)59(84)74-49(15)63(88)79(23)53(36-43(5)6)65(90)80(24)54(37-44(7)8)66(91)83(27)58(46(11)12)69(94)78(52)22/h28,30,42-58,72,95H,29,31-41H2,1-27H3,(H,73,85)(H,74,84)(H,75,86)(H,76,87)/b30-28+/t47-,48-,49+,50-,51-,52-,53+,54-,55+,56-,57-,58-/m1/s1. The van der Waals surface area contributed by atoms with E-state index in [4.69, 9.17) is 0 Å². The minimum Gasteiger partial charge on any atom is -0.390 e. The molecule has 1 aliphatic rings. The average Bonchev–Trinajstić information content (AvgIpc) is 0.814. The number of thioether (sulfide) groups is 1. The van der Waals surface area contributed by atoms with Crippen molar-refractivity contribution in [2.75, 3.05) is 73.9 Å². The third kappa shape index (κ3) is 27.5. The van der Waals surface area contributed by atoms with Crippen molar-refractivity contribution in [2.24, 2.45) is 40.9 Å². The SMILES string of the molecule is C/C=C/C[C@@H](C)C[C@@H]1C(=O)N[C@H](CC)C(=O)N(C)[C@H](CSCCCNCC(C)(C)C)C(=O)N(C)[C@@H](CC(C)(C)O)C(=O)N[C@H](C(C)C)C(=O)N(C)[C@H](CC(C)C)C(=O)N[C@H](C)C(=O)N[C@@H](C)C(=O)N(C)[C@@H](CC(C)C)C(=O)N(C)[C@H](CC(C)C)C(=O)N(C)[C@H](C(C)C)C(=O)N1C. The van der Waals surface area contributed by atoms with E-state index in [-0.39, 0.29) is 73.4 Å². The largest absolute Gasteiger partial charge is 0.390 e. The molecule has 96 heavy (non-hydrogen) atoms. The Hall–Kier alpha value is -5.82. The zero-order valence-corrected chi connectivity index (χ0v) is 64.7. The van der Waals surface area contributed by atoms with Gasteiger partial charge in [0.05, 0.1) is 5.60 Å². The summed E-state index contributed by atoms with van der Waals surface area (Å²) >= 11 is 1.43. The Labute approximate surface area is 581 Å². The zero-order chi connectivity index (χ0) is 74.3. The molecule has 1 saturated heterocycles. The highest BCUT2D eigenvalue weighted by atomic mass is 32.2. The van der Waals surface area contributed by atoms with Gasteiger partial charge < -0.3 is 66.0 Å². The molecule has 11 amide bonds. The van der Waals surface area contributed by atoms with Crippen LogP contribution >= 0.6 is 11.8 Å². The second kappa shape index (κ2) is 40.3. The number of amides is 11. The molecule has 0 unspecified atom stereocenters. The predicted molar refractivity (Wildman–Crippen MR) is 382 cm³/mol. The zero-order valence-electron chi connectivity index (χ0n) is 63.9. The van der Waals surface area contributed by atoms with Gasteiger partial charge in [0.2, 0.25) is 65.0 Å². The summed E-state index contributed by atoms with van der Waals surface area (Å²) in [6.45, 7) is 37.5. The number of aliphatic hydroxyl groups is 1. The molecule has 0 aliphatic carbocycles. The maximum atomic E-state index is 15.4. The molecule has 0 aromatic carbocycles. The minimum absolute atomic E-state index is 0.0461. The van der Waals surface area contributed by atoms with Gasteiger partial charge in [-0.05, 0) is 139 Å².